The zero-order valence-corrected chi connectivity index (χ0v) is 9.33. The molecule has 1 aromatic rings. The zero-order valence-electron chi connectivity index (χ0n) is 9.33. The lowest BCUT2D eigenvalue weighted by Crippen LogP contribution is -2.19. The van der Waals surface area contributed by atoms with Crippen molar-refractivity contribution >= 4 is 5.69 Å². The quantitative estimate of drug-likeness (QED) is 0.753. The molecule has 1 aliphatic rings. The molecule has 0 aliphatic carbocycles. The first-order valence-corrected chi connectivity index (χ1v) is 5.68. The highest BCUT2D eigenvalue weighted by molar-refractivity contribution is 5.48. The van der Waals surface area contributed by atoms with Crippen LogP contribution in [0.5, 0.6) is 0 Å². The molecule has 1 saturated heterocycles. The normalized spacial score (nSPS) is 21.5. The van der Waals surface area contributed by atoms with Crippen LogP contribution in [-0.2, 0) is 11.2 Å². The van der Waals surface area contributed by atoms with E-state index < -0.39 is 0 Å². The minimum absolute atomic E-state index is 0.655. The van der Waals surface area contributed by atoms with Crippen molar-refractivity contribution in [2.24, 2.45) is 5.92 Å². The summed E-state index contributed by atoms with van der Waals surface area (Å²) in [6.07, 6.45) is 3.53. The van der Waals surface area contributed by atoms with Gasteiger partial charge in [0.15, 0.2) is 0 Å². The molecule has 0 saturated carbocycles. The summed E-state index contributed by atoms with van der Waals surface area (Å²) in [6.45, 7) is 3.94. The van der Waals surface area contributed by atoms with Crippen LogP contribution in [0.1, 0.15) is 24.0 Å². The molecular weight excluding hydrogens is 186 g/mol. The Labute approximate surface area is 91.4 Å². The molecule has 15 heavy (non-hydrogen) atoms. The molecule has 1 fully saturated rings. The number of nitrogen functional groups attached to an aromatic ring is 1. The Hall–Kier alpha value is -1.02. The van der Waals surface area contributed by atoms with E-state index in [2.05, 4.69) is 19.1 Å². The highest BCUT2D eigenvalue weighted by atomic mass is 16.5. The molecule has 0 radical (unpaired) electrons. The minimum atomic E-state index is 0.655. The third kappa shape index (κ3) is 2.72. The molecule has 1 aromatic carbocycles. The van der Waals surface area contributed by atoms with Crippen LogP contribution in [-0.4, -0.2) is 13.2 Å². The topological polar surface area (TPSA) is 35.2 Å². The number of benzene rings is 1. The fraction of sp³-hybridized carbons (Fsp3) is 0.538. The SMILES string of the molecule is Cc1ccc(N)c(CC2CCCOC2)c1. The lowest BCUT2D eigenvalue weighted by Gasteiger charge is -2.22. The molecule has 1 heterocycles. The zero-order chi connectivity index (χ0) is 10.7. The molecular formula is C13H19NO. The van der Waals surface area contributed by atoms with Gasteiger partial charge in [-0.3, -0.25) is 0 Å². The number of rotatable bonds is 2. The summed E-state index contributed by atoms with van der Waals surface area (Å²) in [6, 6.07) is 6.27. The molecule has 1 atom stereocenters. The second-order valence-corrected chi connectivity index (χ2v) is 4.49. The Bertz CT molecular complexity index is 329. The van der Waals surface area contributed by atoms with Gasteiger partial charge in [-0.05, 0) is 43.7 Å². The van der Waals surface area contributed by atoms with Gasteiger partial charge in [-0.15, -0.1) is 0 Å². The van der Waals surface area contributed by atoms with Crippen LogP contribution in [0.2, 0.25) is 0 Å². The Morgan fingerprint density at radius 1 is 1.47 bits per heavy atom. The number of ether oxygens (including phenoxy) is 1. The minimum Gasteiger partial charge on any atom is -0.399 e. The smallest absolute Gasteiger partial charge is 0.0497 e. The van der Waals surface area contributed by atoms with Gasteiger partial charge in [-0.25, -0.2) is 0 Å². The van der Waals surface area contributed by atoms with Gasteiger partial charge in [0.25, 0.3) is 0 Å². The molecule has 2 rings (SSSR count). The summed E-state index contributed by atoms with van der Waals surface area (Å²) in [5.74, 6) is 0.655. The van der Waals surface area contributed by atoms with Gasteiger partial charge in [0.1, 0.15) is 0 Å². The van der Waals surface area contributed by atoms with E-state index in [0.717, 1.165) is 25.3 Å². The summed E-state index contributed by atoms with van der Waals surface area (Å²) < 4.78 is 5.48. The van der Waals surface area contributed by atoms with Gasteiger partial charge >= 0.3 is 0 Å². The standard InChI is InChI=1S/C13H19NO/c1-10-4-5-13(14)12(7-10)8-11-3-2-6-15-9-11/h4-5,7,11H,2-3,6,8-9,14H2,1H3. The van der Waals surface area contributed by atoms with E-state index in [4.69, 9.17) is 10.5 Å². The van der Waals surface area contributed by atoms with Crippen molar-refractivity contribution in [3.05, 3.63) is 29.3 Å². The molecule has 82 valence electrons. The molecule has 2 N–H and O–H groups in total. The summed E-state index contributed by atoms with van der Waals surface area (Å²) in [5, 5.41) is 0. The van der Waals surface area contributed by atoms with E-state index in [1.807, 2.05) is 6.07 Å². The fourth-order valence-electron chi connectivity index (χ4n) is 2.19. The van der Waals surface area contributed by atoms with Crippen molar-refractivity contribution in [2.75, 3.05) is 18.9 Å². The Morgan fingerprint density at radius 2 is 2.33 bits per heavy atom. The van der Waals surface area contributed by atoms with E-state index in [9.17, 15) is 0 Å². The van der Waals surface area contributed by atoms with Gasteiger partial charge in [0.2, 0.25) is 0 Å². The Morgan fingerprint density at radius 3 is 3.07 bits per heavy atom. The fourth-order valence-corrected chi connectivity index (χ4v) is 2.19. The van der Waals surface area contributed by atoms with Gasteiger partial charge in [-0.2, -0.15) is 0 Å². The highest BCUT2D eigenvalue weighted by Gasteiger charge is 2.15. The summed E-state index contributed by atoms with van der Waals surface area (Å²) >= 11 is 0. The van der Waals surface area contributed by atoms with E-state index in [1.54, 1.807) is 0 Å². The van der Waals surface area contributed by atoms with Crippen LogP contribution in [0.25, 0.3) is 0 Å². The van der Waals surface area contributed by atoms with Crippen LogP contribution in [0.15, 0.2) is 18.2 Å². The number of hydrogen-bond acceptors (Lipinski definition) is 2. The molecule has 2 nitrogen and oxygen atoms in total. The van der Waals surface area contributed by atoms with Crippen molar-refractivity contribution in [3.8, 4) is 0 Å². The number of anilines is 1. The van der Waals surface area contributed by atoms with Gasteiger partial charge < -0.3 is 10.5 Å². The largest absolute Gasteiger partial charge is 0.399 e. The molecule has 0 spiro atoms. The molecule has 2 heteroatoms. The predicted octanol–water partition coefficient (Wildman–Crippen LogP) is 2.55. The van der Waals surface area contributed by atoms with Crippen molar-refractivity contribution < 1.29 is 4.74 Å². The third-order valence-electron chi connectivity index (χ3n) is 3.06. The van der Waals surface area contributed by atoms with Crippen molar-refractivity contribution in [1.29, 1.82) is 0 Å². The third-order valence-corrected chi connectivity index (χ3v) is 3.06. The summed E-state index contributed by atoms with van der Waals surface area (Å²) in [7, 11) is 0. The first-order chi connectivity index (χ1) is 7.25. The molecule has 1 aliphatic heterocycles. The lowest BCUT2D eigenvalue weighted by atomic mass is 9.93. The second kappa shape index (κ2) is 4.67. The van der Waals surface area contributed by atoms with E-state index in [0.29, 0.717) is 5.92 Å². The summed E-state index contributed by atoms with van der Waals surface area (Å²) in [5.41, 5.74) is 9.46. The highest BCUT2D eigenvalue weighted by Crippen LogP contribution is 2.22. The van der Waals surface area contributed by atoms with Gasteiger partial charge in [0, 0.05) is 18.9 Å². The number of hydrogen-bond donors (Lipinski definition) is 1. The van der Waals surface area contributed by atoms with E-state index in [-0.39, 0.29) is 0 Å². The predicted molar refractivity (Wildman–Crippen MR) is 62.8 cm³/mol. The first kappa shape index (κ1) is 10.5. The maximum Gasteiger partial charge on any atom is 0.0497 e. The van der Waals surface area contributed by atoms with Crippen molar-refractivity contribution in [2.45, 2.75) is 26.2 Å². The number of aryl methyl sites for hydroxylation is 1. The monoisotopic (exact) mass is 205 g/mol. The van der Waals surface area contributed by atoms with Crippen LogP contribution in [0, 0.1) is 12.8 Å². The maximum absolute atomic E-state index is 5.97. The van der Waals surface area contributed by atoms with E-state index in [1.165, 1.54) is 24.0 Å². The van der Waals surface area contributed by atoms with Crippen LogP contribution in [0.4, 0.5) is 5.69 Å². The first-order valence-electron chi connectivity index (χ1n) is 5.68. The molecule has 0 bridgehead atoms. The second-order valence-electron chi connectivity index (χ2n) is 4.49. The maximum atomic E-state index is 5.97. The Kier molecular flexibility index (Phi) is 3.27. The molecule has 0 aromatic heterocycles. The average molecular weight is 205 g/mol. The lowest BCUT2D eigenvalue weighted by molar-refractivity contribution is 0.0551. The van der Waals surface area contributed by atoms with Crippen LogP contribution < -0.4 is 5.73 Å². The summed E-state index contributed by atoms with van der Waals surface area (Å²) in [4.78, 5) is 0. The Balaban J connectivity index is 2.05. The van der Waals surface area contributed by atoms with Crippen LogP contribution in [0.3, 0.4) is 0 Å². The van der Waals surface area contributed by atoms with Gasteiger partial charge in [0.05, 0.1) is 0 Å². The average Bonchev–Trinajstić information content (AvgIpc) is 2.25. The van der Waals surface area contributed by atoms with Crippen molar-refractivity contribution in [3.63, 3.8) is 0 Å². The number of nitrogens with two attached hydrogens (primary N) is 1. The molecule has 1 unspecified atom stereocenters. The van der Waals surface area contributed by atoms with Crippen molar-refractivity contribution in [1.82, 2.24) is 0 Å². The van der Waals surface area contributed by atoms with Gasteiger partial charge in [-0.1, -0.05) is 17.7 Å². The van der Waals surface area contributed by atoms with Crippen LogP contribution >= 0.6 is 0 Å². The molecule has 0 amide bonds. The van der Waals surface area contributed by atoms with E-state index >= 15 is 0 Å².